The van der Waals surface area contributed by atoms with Crippen LogP contribution in [0.25, 0.3) is 6.08 Å². The van der Waals surface area contributed by atoms with Gasteiger partial charge in [-0.05, 0) is 36.8 Å². The molecule has 1 saturated heterocycles. The number of hydrogen-bond donors (Lipinski definition) is 1. The number of ether oxygens (including phenoxy) is 1. The minimum atomic E-state index is -1.10. The zero-order valence-corrected chi connectivity index (χ0v) is 17.2. The van der Waals surface area contributed by atoms with Crippen LogP contribution in [0.4, 0.5) is 0 Å². The molecule has 1 atom stereocenters. The molecular weight excluding hydrogens is 418 g/mol. The first-order chi connectivity index (χ1) is 13.4. The van der Waals surface area contributed by atoms with E-state index < -0.39 is 17.9 Å². The molecule has 2 aromatic rings. The summed E-state index contributed by atoms with van der Waals surface area (Å²) in [6.07, 6.45) is 1.69. The average Bonchev–Trinajstić information content (AvgIpc) is 2.95. The largest absolute Gasteiger partial charge is 0.489 e. The zero-order chi connectivity index (χ0) is 20.3. The van der Waals surface area contributed by atoms with Gasteiger partial charge in [-0.2, -0.15) is 0 Å². The lowest BCUT2D eigenvalue weighted by atomic mass is 10.2. The molecule has 0 radical (unpaired) electrons. The van der Waals surface area contributed by atoms with Crippen molar-refractivity contribution in [2.45, 2.75) is 19.6 Å². The fourth-order valence-corrected chi connectivity index (χ4v) is 4.12. The highest BCUT2D eigenvalue weighted by Gasteiger charge is 2.38. The maximum atomic E-state index is 12.5. The van der Waals surface area contributed by atoms with Gasteiger partial charge in [-0.1, -0.05) is 65.9 Å². The number of thioether (sulfide) groups is 1. The van der Waals surface area contributed by atoms with Crippen molar-refractivity contribution in [1.82, 2.24) is 4.90 Å². The van der Waals surface area contributed by atoms with Gasteiger partial charge in [0.15, 0.2) is 0 Å². The number of carboxylic acid groups (broad SMARTS) is 1. The summed E-state index contributed by atoms with van der Waals surface area (Å²) in [5.41, 5.74) is 1.68. The molecule has 0 spiro atoms. The summed E-state index contributed by atoms with van der Waals surface area (Å²) in [7, 11) is 0. The molecule has 3 rings (SSSR count). The Kier molecular flexibility index (Phi) is 6.39. The molecule has 8 heteroatoms. The van der Waals surface area contributed by atoms with Gasteiger partial charge in [0.1, 0.15) is 22.7 Å². The highest BCUT2D eigenvalue weighted by molar-refractivity contribution is 8.26. The Morgan fingerprint density at radius 3 is 2.61 bits per heavy atom. The van der Waals surface area contributed by atoms with E-state index in [1.54, 1.807) is 18.2 Å². The summed E-state index contributed by atoms with van der Waals surface area (Å²) in [4.78, 5) is 25.1. The van der Waals surface area contributed by atoms with Crippen molar-refractivity contribution in [2.24, 2.45) is 0 Å². The number of nitrogens with zero attached hydrogens (tertiary/aromatic N) is 1. The van der Waals surface area contributed by atoms with E-state index >= 15 is 0 Å². The van der Waals surface area contributed by atoms with Gasteiger partial charge in [0.25, 0.3) is 5.91 Å². The molecular formula is C20H16ClNO4S2. The van der Waals surface area contributed by atoms with Crippen LogP contribution >= 0.6 is 35.6 Å². The minimum Gasteiger partial charge on any atom is -0.489 e. The Hall–Kier alpha value is -2.35. The van der Waals surface area contributed by atoms with Gasteiger partial charge >= 0.3 is 5.97 Å². The van der Waals surface area contributed by atoms with E-state index in [9.17, 15) is 9.59 Å². The number of hydrogen-bond acceptors (Lipinski definition) is 5. The second-order valence-electron chi connectivity index (χ2n) is 6.02. The molecule has 1 N–H and O–H groups in total. The maximum Gasteiger partial charge on any atom is 0.326 e. The smallest absolute Gasteiger partial charge is 0.326 e. The van der Waals surface area contributed by atoms with Gasteiger partial charge < -0.3 is 9.84 Å². The molecule has 28 heavy (non-hydrogen) atoms. The number of thiocarbonyl (C=S) groups is 1. The quantitative estimate of drug-likeness (QED) is 0.530. The van der Waals surface area contributed by atoms with E-state index in [2.05, 4.69) is 0 Å². The number of amides is 1. The molecule has 1 heterocycles. The van der Waals surface area contributed by atoms with Crippen molar-refractivity contribution in [1.29, 1.82) is 0 Å². The fraction of sp³-hybridized carbons (Fsp3) is 0.150. The highest BCUT2D eigenvalue weighted by atomic mass is 35.5. The lowest BCUT2D eigenvalue weighted by Crippen LogP contribution is -2.41. The van der Waals surface area contributed by atoms with Gasteiger partial charge in [-0.3, -0.25) is 9.69 Å². The highest BCUT2D eigenvalue weighted by Crippen LogP contribution is 2.34. The van der Waals surface area contributed by atoms with Crippen LogP contribution in [0.2, 0.25) is 5.02 Å². The number of benzene rings is 2. The Balaban J connectivity index is 1.68. The van der Waals surface area contributed by atoms with E-state index in [0.717, 1.165) is 27.8 Å². The summed E-state index contributed by atoms with van der Waals surface area (Å²) in [5.74, 6) is -0.828. The molecule has 1 aliphatic heterocycles. The van der Waals surface area contributed by atoms with Crippen molar-refractivity contribution in [3.8, 4) is 5.75 Å². The predicted molar refractivity (Wildman–Crippen MR) is 114 cm³/mol. The van der Waals surface area contributed by atoms with Crippen LogP contribution in [0.1, 0.15) is 18.1 Å². The van der Waals surface area contributed by atoms with Gasteiger partial charge in [-0.15, -0.1) is 0 Å². The Morgan fingerprint density at radius 2 is 1.96 bits per heavy atom. The molecule has 0 aliphatic carbocycles. The summed E-state index contributed by atoms with van der Waals surface area (Å²) in [6.45, 7) is 1.78. The minimum absolute atomic E-state index is 0.242. The third-order valence-electron chi connectivity index (χ3n) is 4.10. The van der Waals surface area contributed by atoms with Crippen LogP contribution in [0.3, 0.4) is 0 Å². The van der Waals surface area contributed by atoms with E-state index in [4.69, 9.17) is 33.7 Å². The standard InChI is InChI=1S/C20H16ClNO4S2/c1-12(19(24)25)22-18(23)17(28-20(22)27)10-13-6-8-15(9-7-13)26-11-14-4-2-3-5-16(14)21/h2-10,12H,11H2,1H3,(H,24,25)/b17-10-/t12-/m1/s1. The average molecular weight is 434 g/mol. The third kappa shape index (κ3) is 4.55. The van der Waals surface area contributed by atoms with Crippen LogP contribution in [0.5, 0.6) is 5.75 Å². The van der Waals surface area contributed by atoms with Gasteiger partial charge in [0.2, 0.25) is 0 Å². The fourth-order valence-electron chi connectivity index (χ4n) is 2.51. The van der Waals surface area contributed by atoms with Crippen molar-refractivity contribution in [3.63, 3.8) is 0 Å². The number of carbonyl (C=O) groups is 2. The molecule has 0 bridgehead atoms. The van der Waals surface area contributed by atoms with Crippen molar-refractivity contribution in [2.75, 3.05) is 0 Å². The van der Waals surface area contributed by atoms with E-state index in [1.807, 2.05) is 36.4 Å². The summed E-state index contributed by atoms with van der Waals surface area (Å²) in [6, 6.07) is 13.7. The number of carbonyl (C=O) groups excluding carboxylic acids is 1. The van der Waals surface area contributed by atoms with Crippen molar-refractivity contribution >= 4 is 57.9 Å². The number of carboxylic acids is 1. The topological polar surface area (TPSA) is 66.8 Å². The van der Waals surface area contributed by atoms with Crippen LogP contribution in [-0.2, 0) is 16.2 Å². The number of rotatable bonds is 6. The Morgan fingerprint density at radius 1 is 1.29 bits per heavy atom. The molecule has 5 nitrogen and oxygen atoms in total. The monoisotopic (exact) mass is 433 g/mol. The molecule has 144 valence electrons. The number of aliphatic carboxylic acids is 1. The summed E-state index contributed by atoms with van der Waals surface area (Å²) in [5, 5.41) is 9.78. The van der Waals surface area contributed by atoms with Gasteiger partial charge in [0.05, 0.1) is 4.91 Å². The van der Waals surface area contributed by atoms with Crippen LogP contribution in [0.15, 0.2) is 53.4 Å². The molecule has 2 aromatic carbocycles. The molecule has 1 amide bonds. The van der Waals surface area contributed by atoms with Crippen molar-refractivity contribution < 1.29 is 19.4 Å². The van der Waals surface area contributed by atoms with E-state index in [-0.39, 0.29) is 4.32 Å². The first-order valence-corrected chi connectivity index (χ1v) is 9.93. The SMILES string of the molecule is C[C@H](C(=O)O)N1C(=O)/C(=C/c2ccc(OCc3ccccc3Cl)cc2)SC1=S. The molecule has 0 saturated carbocycles. The van der Waals surface area contributed by atoms with Gasteiger partial charge in [0, 0.05) is 10.6 Å². The lowest BCUT2D eigenvalue weighted by Gasteiger charge is -2.18. The first kappa shape index (κ1) is 20.4. The Labute approximate surface area is 176 Å². The molecule has 1 aliphatic rings. The summed E-state index contributed by atoms with van der Waals surface area (Å²) >= 11 is 12.4. The molecule has 1 fully saturated rings. The molecule has 0 unspecified atom stereocenters. The zero-order valence-electron chi connectivity index (χ0n) is 14.8. The first-order valence-electron chi connectivity index (χ1n) is 8.33. The second-order valence-corrected chi connectivity index (χ2v) is 8.10. The van der Waals surface area contributed by atoms with E-state index in [1.165, 1.54) is 6.92 Å². The summed E-state index contributed by atoms with van der Waals surface area (Å²) < 4.78 is 5.98. The number of halogens is 1. The van der Waals surface area contributed by atoms with Crippen molar-refractivity contribution in [3.05, 3.63) is 69.6 Å². The Bertz CT molecular complexity index is 959. The van der Waals surface area contributed by atoms with E-state index in [0.29, 0.717) is 22.3 Å². The second kappa shape index (κ2) is 8.77. The molecule has 0 aromatic heterocycles. The predicted octanol–water partition coefficient (Wildman–Crippen LogP) is 4.59. The normalized spacial score (nSPS) is 16.5. The maximum absolute atomic E-state index is 12.5. The van der Waals surface area contributed by atoms with Crippen LogP contribution in [-0.4, -0.2) is 32.2 Å². The lowest BCUT2D eigenvalue weighted by molar-refractivity contribution is -0.144. The van der Waals surface area contributed by atoms with Gasteiger partial charge in [-0.25, -0.2) is 4.79 Å². The third-order valence-corrected chi connectivity index (χ3v) is 5.80. The van der Waals surface area contributed by atoms with Crippen LogP contribution < -0.4 is 4.74 Å². The van der Waals surface area contributed by atoms with Crippen LogP contribution in [0, 0.1) is 0 Å².